The zero-order valence-electron chi connectivity index (χ0n) is 10.0. The van der Waals surface area contributed by atoms with E-state index in [0.29, 0.717) is 4.90 Å². The fourth-order valence-electron chi connectivity index (χ4n) is 2.00. The molecule has 17 heavy (non-hydrogen) atoms. The van der Waals surface area contributed by atoms with Crippen LogP contribution in [0, 0.1) is 0 Å². The summed E-state index contributed by atoms with van der Waals surface area (Å²) >= 11 is 0. The van der Waals surface area contributed by atoms with Gasteiger partial charge in [-0.3, -0.25) is 4.90 Å². The Morgan fingerprint density at radius 1 is 1.29 bits per heavy atom. The summed E-state index contributed by atoms with van der Waals surface area (Å²) in [4.78, 5) is 2.74. The van der Waals surface area contributed by atoms with Crippen molar-refractivity contribution in [2.45, 2.75) is 11.4 Å². The Balaban J connectivity index is 2.11. The van der Waals surface area contributed by atoms with E-state index in [0.717, 1.165) is 38.3 Å². The molecular formula is C12H18N2O2S. The van der Waals surface area contributed by atoms with E-state index in [9.17, 15) is 8.42 Å². The minimum Gasteiger partial charge on any atom is -0.314 e. The molecule has 2 rings (SSSR count). The fraction of sp³-hybridized carbons (Fsp3) is 0.500. The Kier molecular flexibility index (Phi) is 3.81. The van der Waals surface area contributed by atoms with Crippen LogP contribution in [-0.2, 0) is 16.4 Å². The SMILES string of the molecule is CS(=O)(=O)c1cccc(CN2CCNCC2)c1. The number of hydrogen-bond donors (Lipinski definition) is 1. The highest BCUT2D eigenvalue weighted by Crippen LogP contribution is 2.13. The van der Waals surface area contributed by atoms with Gasteiger partial charge in [-0.15, -0.1) is 0 Å². The Morgan fingerprint density at radius 2 is 2.00 bits per heavy atom. The molecule has 94 valence electrons. The van der Waals surface area contributed by atoms with Crippen LogP contribution < -0.4 is 5.32 Å². The first-order valence-corrected chi connectivity index (χ1v) is 7.67. The molecule has 1 fully saturated rings. The molecule has 1 aromatic rings. The zero-order valence-corrected chi connectivity index (χ0v) is 10.8. The van der Waals surface area contributed by atoms with Gasteiger partial charge in [-0.1, -0.05) is 12.1 Å². The van der Waals surface area contributed by atoms with Crippen molar-refractivity contribution in [1.29, 1.82) is 0 Å². The van der Waals surface area contributed by atoms with Crippen LogP contribution in [0.5, 0.6) is 0 Å². The number of benzene rings is 1. The third-order valence-corrected chi connectivity index (χ3v) is 4.05. The topological polar surface area (TPSA) is 49.4 Å². The lowest BCUT2D eigenvalue weighted by atomic mass is 10.2. The van der Waals surface area contributed by atoms with E-state index in [1.807, 2.05) is 12.1 Å². The summed E-state index contributed by atoms with van der Waals surface area (Å²) < 4.78 is 22.9. The van der Waals surface area contributed by atoms with E-state index < -0.39 is 9.84 Å². The first-order valence-electron chi connectivity index (χ1n) is 5.78. The van der Waals surface area contributed by atoms with Gasteiger partial charge in [-0.25, -0.2) is 8.42 Å². The second kappa shape index (κ2) is 5.16. The van der Waals surface area contributed by atoms with Crippen molar-refractivity contribution in [3.8, 4) is 0 Å². The van der Waals surface area contributed by atoms with Crippen molar-refractivity contribution in [2.24, 2.45) is 0 Å². The van der Waals surface area contributed by atoms with Gasteiger partial charge in [0.15, 0.2) is 9.84 Å². The highest BCUT2D eigenvalue weighted by Gasteiger charge is 2.12. The summed E-state index contributed by atoms with van der Waals surface area (Å²) in [5.41, 5.74) is 1.06. The van der Waals surface area contributed by atoms with E-state index in [1.165, 1.54) is 6.26 Å². The van der Waals surface area contributed by atoms with Gasteiger partial charge in [-0.2, -0.15) is 0 Å². The second-order valence-electron chi connectivity index (χ2n) is 4.45. The predicted octanol–water partition coefficient (Wildman–Crippen LogP) is 0.495. The van der Waals surface area contributed by atoms with Crippen molar-refractivity contribution in [2.75, 3.05) is 32.4 Å². The third kappa shape index (κ3) is 3.52. The Labute approximate surface area is 103 Å². The summed E-state index contributed by atoms with van der Waals surface area (Å²) in [6.07, 6.45) is 1.25. The molecule has 1 aliphatic heterocycles. The average molecular weight is 254 g/mol. The maximum atomic E-state index is 11.5. The van der Waals surface area contributed by atoms with E-state index in [4.69, 9.17) is 0 Å². The smallest absolute Gasteiger partial charge is 0.175 e. The van der Waals surface area contributed by atoms with Gasteiger partial charge in [0, 0.05) is 39.0 Å². The van der Waals surface area contributed by atoms with Gasteiger partial charge in [0.2, 0.25) is 0 Å². The molecule has 0 saturated carbocycles. The molecule has 0 aliphatic carbocycles. The maximum absolute atomic E-state index is 11.5. The molecule has 0 radical (unpaired) electrons. The molecule has 0 amide bonds. The molecule has 1 N–H and O–H groups in total. The summed E-state index contributed by atoms with van der Waals surface area (Å²) in [6, 6.07) is 7.22. The van der Waals surface area contributed by atoms with Crippen LogP contribution >= 0.6 is 0 Å². The predicted molar refractivity (Wildman–Crippen MR) is 67.7 cm³/mol. The van der Waals surface area contributed by atoms with Crippen molar-refractivity contribution >= 4 is 9.84 Å². The molecular weight excluding hydrogens is 236 g/mol. The molecule has 0 unspecified atom stereocenters. The molecule has 0 atom stereocenters. The van der Waals surface area contributed by atoms with E-state index in [1.54, 1.807) is 12.1 Å². The van der Waals surface area contributed by atoms with Crippen LogP contribution in [0.3, 0.4) is 0 Å². The number of nitrogens with zero attached hydrogens (tertiary/aromatic N) is 1. The number of rotatable bonds is 3. The largest absolute Gasteiger partial charge is 0.314 e. The average Bonchev–Trinajstić information content (AvgIpc) is 2.29. The summed E-state index contributed by atoms with van der Waals surface area (Å²) in [5.74, 6) is 0. The van der Waals surface area contributed by atoms with Crippen molar-refractivity contribution in [3.05, 3.63) is 29.8 Å². The van der Waals surface area contributed by atoms with Gasteiger partial charge in [0.05, 0.1) is 4.90 Å². The molecule has 1 aromatic carbocycles. The normalized spacial score (nSPS) is 18.2. The van der Waals surface area contributed by atoms with Crippen LogP contribution in [0.15, 0.2) is 29.2 Å². The number of hydrogen-bond acceptors (Lipinski definition) is 4. The minimum absolute atomic E-state index is 0.408. The van der Waals surface area contributed by atoms with Crippen molar-refractivity contribution in [3.63, 3.8) is 0 Å². The monoisotopic (exact) mass is 254 g/mol. The summed E-state index contributed by atoms with van der Waals surface area (Å²) in [7, 11) is -3.10. The van der Waals surface area contributed by atoms with E-state index in [2.05, 4.69) is 10.2 Å². The molecule has 0 bridgehead atoms. The third-order valence-electron chi connectivity index (χ3n) is 2.94. The lowest BCUT2D eigenvalue weighted by molar-refractivity contribution is 0.233. The lowest BCUT2D eigenvalue weighted by Crippen LogP contribution is -2.42. The molecule has 0 spiro atoms. The quantitative estimate of drug-likeness (QED) is 0.853. The van der Waals surface area contributed by atoms with Gasteiger partial charge < -0.3 is 5.32 Å². The zero-order chi connectivity index (χ0) is 12.3. The van der Waals surface area contributed by atoms with Crippen LogP contribution in [0.25, 0.3) is 0 Å². The number of piperazine rings is 1. The van der Waals surface area contributed by atoms with Crippen LogP contribution in [0.1, 0.15) is 5.56 Å². The van der Waals surface area contributed by atoms with Crippen molar-refractivity contribution in [1.82, 2.24) is 10.2 Å². The molecule has 0 aromatic heterocycles. The molecule has 1 heterocycles. The second-order valence-corrected chi connectivity index (χ2v) is 6.46. The van der Waals surface area contributed by atoms with Crippen LogP contribution in [0.4, 0.5) is 0 Å². The molecule has 4 nitrogen and oxygen atoms in total. The minimum atomic E-state index is -3.10. The van der Waals surface area contributed by atoms with Gasteiger partial charge in [0.1, 0.15) is 0 Å². The first-order chi connectivity index (χ1) is 8.05. The Bertz CT molecular complexity index is 479. The van der Waals surface area contributed by atoms with E-state index >= 15 is 0 Å². The van der Waals surface area contributed by atoms with Gasteiger partial charge >= 0.3 is 0 Å². The molecule has 5 heteroatoms. The summed E-state index contributed by atoms with van der Waals surface area (Å²) in [5, 5.41) is 3.30. The fourth-order valence-corrected chi connectivity index (χ4v) is 2.69. The highest BCUT2D eigenvalue weighted by atomic mass is 32.2. The standard InChI is InChI=1S/C12H18N2O2S/c1-17(15,16)12-4-2-3-11(9-12)10-14-7-5-13-6-8-14/h2-4,9,13H,5-8,10H2,1H3. The number of sulfone groups is 1. The Morgan fingerprint density at radius 3 is 2.65 bits per heavy atom. The lowest BCUT2D eigenvalue weighted by Gasteiger charge is -2.27. The van der Waals surface area contributed by atoms with Crippen LogP contribution in [0.2, 0.25) is 0 Å². The van der Waals surface area contributed by atoms with Crippen LogP contribution in [-0.4, -0.2) is 45.8 Å². The van der Waals surface area contributed by atoms with Gasteiger partial charge in [-0.05, 0) is 17.7 Å². The number of nitrogens with one attached hydrogen (secondary N) is 1. The molecule has 1 aliphatic rings. The first kappa shape index (κ1) is 12.5. The van der Waals surface area contributed by atoms with E-state index in [-0.39, 0.29) is 0 Å². The molecule has 1 saturated heterocycles. The summed E-state index contributed by atoms with van der Waals surface area (Å²) in [6.45, 7) is 4.87. The highest BCUT2D eigenvalue weighted by molar-refractivity contribution is 7.90. The van der Waals surface area contributed by atoms with Gasteiger partial charge in [0.25, 0.3) is 0 Å². The Hall–Kier alpha value is -0.910. The van der Waals surface area contributed by atoms with Crippen molar-refractivity contribution < 1.29 is 8.42 Å². The maximum Gasteiger partial charge on any atom is 0.175 e.